The number of rotatable bonds is 8. The van der Waals surface area contributed by atoms with Gasteiger partial charge in [0.2, 0.25) is 0 Å². The molecule has 159 valence electrons. The maximum Gasteiger partial charge on any atom is 2.00 e. The van der Waals surface area contributed by atoms with Crippen molar-refractivity contribution in [3.05, 3.63) is 27.8 Å². The molecule has 0 aliphatic heterocycles. The molecule has 0 fully saturated rings. The maximum absolute atomic E-state index is 4.91. The van der Waals surface area contributed by atoms with Gasteiger partial charge in [0.1, 0.15) is 0 Å². The van der Waals surface area contributed by atoms with Gasteiger partial charge in [-0.15, -0.1) is 0 Å². The third kappa shape index (κ3) is 13.3. The first-order chi connectivity index (χ1) is 10.8. The summed E-state index contributed by atoms with van der Waals surface area (Å²) in [6.07, 6.45) is 1.21. The van der Waals surface area contributed by atoms with Crippen LogP contribution in [0.5, 0.6) is 0 Å². The van der Waals surface area contributed by atoms with Crippen LogP contribution in [0, 0.1) is 34.6 Å². The van der Waals surface area contributed by atoms with Gasteiger partial charge in [-0.2, -0.15) is 39.3 Å². The number of hydrogen-bond donors (Lipinski definition) is 0. The zero-order valence-electron chi connectivity index (χ0n) is 17.3. The van der Waals surface area contributed by atoms with E-state index in [-0.39, 0.29) is 41.4 Å². The predicted molar refractivity (Wildman–Crippen MR) is 113 cm³/mol. The molecule has 0 unspecified atom stereocenters. The molecule has 26 heavy (non-hydrogen) atoms. The van der Waals surface area contributed by atoms with Gasteiger partial charge >= 0.3 is 36.0 Å². The molecule has 0 bridgehead atoms. The standard InChI is InChI=1S/C10H15.C9H22N2S2.Ni.H2O.Ru/c1-6-7(2)9(4)10(5)8(6)3;1-10(6-8-12)4-3-5-11(2)7-9-13;;;/h1-5H3;12-13H,3-9H2,1-2H3;;1H2;/q-1;;+2;;+1/p-2. The van der Waals surface area contributed by atoms with E-state index in [1.807, 2.05) is 0 Å². The Bertz CT molecular complexity index is 367. The Kier molecular flexibility index (Phi) is 25.7. The molecule has 1 radical (unpaired) electrons. The van der Waals surface area contributed by atoms with Crippen LogP contribution in [0.1, 0.15) is 34.2 Å². The molecule has 0 amide bonds. The second kappa shape index (κ2) is 19.4. The van der Waals surface area contributed by atoms with Crippen LogP contribution in [0.25, 0.3) is 0 Å². The fourth-order valence-corrected chi connectivity index (χ4v) is 3.18. The molecule has 0 aromatic heterocycles. The zero-order valence-corrected chi connectivity index (χ0v) is 21.7. The van der Waals surface area contributed by atoms with Crippen molar-refractivity contribution in [2.45, 2.75) is 41.0 Å². The molecule has 0 heterocycles. The van der Waals surface area contributed by atoms with Gasteiger partial charge in [-0.05, 0) is 46.7 Å². The number of hydrogen-bond acceptors (Lipinski definition) is 4. The topological polar surface area (TPSA) is 38.0 Å². The van der Waals surface area contributed by atoms with Gasteiger partial charge in [0.15, 0.2) is 0 Å². The first-order valence-corrected chi connectivity index (χ1v) is 9.64. The van der Waals surface area contributed by atoms with Crippen molar-refractivity contribution >= 4 is 25.3 Å². The van der Waals surface area contributed by atoms with Crippen molar-refractivity contribution in [1.29, 1.82) is 0 Å². The first kappa shape index (κ1) is 34.5. The summed E-state index contributed by atoms with van der Waals surface area (Å²) in [6, 6.07) is 0. The minimum absolute atomic E-state index is 0. The van der Waals surface area contributed by atoms with Crippen molar-refractivity contribution in [3.8, 4) is 0 Å². The van der Waals surface area contributed by atoms with Crippen molar-refractivity contribution in [1.82, 2.24) is 9.80 Å². The van der Waals surface area contributed by atoms with E-state index in [2.05, 4.69) is 58.5 Å². The summed E-state index contributed by atoms with van der Waals surface area (Å²) in [7, 11) is 4.25. The third-order valence-corrected chi connectivity index (χ3v) is 5.20. The molecule has 7 heteroatoms. The van der Waals surface area contributed by atoms with E-state index >= 15 is 0 Å². The minimum Gasteiger partial charge on any atom is -0.791 e. The third-order valence-electron chi connectivity index (χ3n) is 4.84. The molecule has 0 saturated heterocycles. The SMILES string of the molecule is CN(CC[S-])CCCN(C)CC[S-].Cc1c(C)c(C)[c-](C)c1C.O.[Ni+2].[Ru+]. The van der Waals surface area contributed by atoms with E-state index in [1.54, 1.807) is 0 Å². The van der Waals surface area contributed by atoms with Crippen molar-refractivity contribution < 1.29 is 41.4 Å². The predicted octanol–water partition coefficient (Wildman–Crippen LogP) is 2.45. The Hall–Kier alpha value is 1.05. The Morgan fingerprint density at radius 3 is 1.27 bits per heavy atom. The van der Waals surface area contributed by atoms with Gasteiger partial charge in [0.05, 0.1) is 0 Å². The molecule has 2 N–H and O–H groups in total. The summed E-state index contributed by atoms with van der Waals surface area (Å²) in [6.45, 7) is 15.3. The van der Waals surface area contributed by atoms with Crippen LogP contribution in [0.3, 0.4) is 0 Å². The summed E-state index contributed by atoms with van der Waals surface area (Å²) in [5.74, 6) is 1.66. The minimum atomic E-state index is 0. The van der Waals surface area contributed by atoms with E-state index in [0.717, 1.165) is 37.7 Å². The normalized spacial score (nSPS) is 9.81. The molecule has 0 atom stereocenters. The smallest absolute Gasteiger partial charge is 0.791 e. The first-order valence-electron chi connectivity index (χ1n) is 8.49. The van der Waals surface area contributed by atoms with Crippen molar-refractivity contribution in [3.63, 3.8) is 0 Å². The summed E-state index contributed by atoms with van der Waals surface area (Å²) in [5.41, 5.74) is 7.34. The molecule has 0 aliphatic carbocycles. The molecule has 0 spiro atoms. The van der Waals surface area contributed by atoms with Gasteiger partial charge in [0.25, 0.3) is 0 Å². The Labute approximate surface area is 196 Å². The van der Waals surface area contributed by atoms with Crippen LogP contribution in [-0.4, -0.2) is 67.1 Å². The van der Waals surface area contributed by atoms with E-state index < -0.39 is 0 Å². The second-order valence-electron chi connectivity index (χ2n) is 6.49. The van der Waals surface area contributed by atoms with Gasteiger partial charge in [-0.3, -0.25) is 0 Å². The summed E-state index contributed by atoms with van der Waals surface area (Å²) in [4.78, 5) is 4.57. The molecule has 1 aromatic rings. The van der Waals surface area contributed by atoms with Crippen LogP contribution < -0.4 is 0 Å². The molecule has 3 nitrogen and oxygen atoms in total. The summed E-state index contributed by atoms with van der Waals surface area (Å²) >= 11 is 9.81. The van der Waals surface area contributed by atoms with Gasteiger partial charge in [-0.1, -0.05) is 34.6 Å². The van der Waals surface area contributed by atoms with E-state index in [9.17, 15) is 0 Å². The molecule has 0 saturated carbocycles. The monoisotopic (exact) mass is 533 g/mol. The fourth-order valence-electron chi connectivity index (χ4n) is 2.55. The molecule has 1 rings (SSSR count). The van der Waals surface area contributed by atoms with Crippen LogP contribution in [-0.2, 0) is 61.2 Å². The number of nitrogens with zero attached hydrogens (tertiary/aromatic N) is 2. The second-order valence-corrected chi connectivity index (χ2v) is 7.31. The summed E-state index contributed by atoms with van der Waals surface area (Å²) in [5, 5.41) is 0. The Balaban J connectivity index is -0.000000170. The van der Waals surface area contributed by atoms with Crippen LogP contribution in [0.4, 0.5) is 0 Å². The Morgan fingerprint density at radius 2 is 1.08 bits per heavy atom. The quantitative estimate of drug-likeness (QED) is 0.293. The van der Waals surface area contributed by atoms with Gasteiger partial charge < -0.3 is 40.5 Å². The van der Waals surface area contributed by atoms with E-state index in [1.165, 1.54) is 34.2 Å². The molecule has 0 aliphatic rings. The summed E-state index contributed by atoms with van der Waals surface area (Å²) < 4.78 is 0. The van der Waals surface area contributed by atoms with Crippen molar-refractivity contribution in [2.75, 3.05) is 51.8 Å². The van der Waals surface area contributed by atoms with Gasteiger partial charge in [0, 0.05) is 0 Å². The maximum atomic E-state index is 4.91. The fraction of sp³-hybridized carbons (Fsp3) is 0.737. The Morgan fingerprint density at radius 1 is 0.769 bits per heavy atom. The van der Waals surface area contributed by atoms with Gasteiger partial charge in [-0.25, -0.2) is 0 Å². The average Bonchev–Trinajstić information content (AvgIpc) is 2.67. The molecular weight excluding hydrogens is 496 g/mol. The van der Waals surface area contributed by atoms with Crippen LogP contribution in [0.15, 0.2) is 0 Å². The molecular formula is C19H37N2NiORuS2. The van der Waals surface area contributed by atoms with Crippen LogP contribution in [0.2, 0.25) is 0 Å². The molecule has 1 aromatic carbocycles. The van der Waals surface area contributed by atoms with E-state index in [0.29, 0.717) is 0 Å². The van der Waals surface area contributed by atoms with E-state index in [4.69, 9.17) is 25.3 Å². The zero-order chi connectivity index (χ0) is 18.0. The largest absolute Gasteiger partial charge is 2.00 e. The van der Waals surface area contributed by atoms with Crippen LogP contribution >= 0.6 is 0 Å². The average molecular weight is 533 g/mol. The van der Waals surface area contributed by atoms with Crippen molar-refractivity contribution in [2.24, 2.45) is 0 Å².